The Morgan fingerprint density at radius 1 is 1.46 bits per heavy atom. The number of piperidine rings is 1. The maximum absolute atomic E-state index is 10.7. The molecule has 2 atom stereocenters. The molecule has 6 nitrogen and oxygen atoms in total. The van der Waals surface area contributed by atoms with Crippen LogP contribution in [0.3, 0.4) is 0 Å². The Balaban J connectivity index is 2.30. The van der Waals surface area contributed by atoms with Crippen LogP contribution in [-0.4, -0.2) is 35.7 Å². The van der Waals surface area contributed by atoms with E-state index in [2.05, 4.69) is 10.6 Å². The van der Waals surface area contributed by atoms with Crippen LogP contribution < -0.4 is 16.4 Å². The number of nitrogens with two attached hydrogens (primary N) is 1. The number of carbonyl (C=O) groups excluding carboxylic acids is 1. The summed E-state index contributed by atoms with van der Waals surface area (Å²) in [4.78, 5) is 21.0. The molecule has 1 aliphatic rings. The number of nitrogens with one attached hydrogen (secondary N) is 2. The van der Waals surface area contributed by atoms with E-state index >= 15 is 0 Å². The van der Waals surface area contributed by atoms with Crippen LogP contribution in [0.2, 0.25) is 0 Å². The number of hydrogen-bond acceptors (Lipinski definition) is 3. The molecule has 0 unspecified atom stereocenters. The second-order valence-electron chi connectivity index (χ2n) is 3.09. The molecule has 1 heterocycles. The lowest BCUT2D eigenvalue weighted by Gasteiger charge is -2.27. The molecule has 2 amide bonds. The highest BCUT2D eigenvalue weighted by atomic mass is 16.4. The van der Waals surface area contributed by atoms with Crippen LogP contribution >= 0.6 is 0 Å². The lowest BCUT2D eigenvalue weighted by atomic mass is 10.0. The third kappa shape index (κ3) is 2.90. The Hall–Kier alpha value is -1.30. The highest BCUT2D eigenvalue weighted by Gasteiger charge is 2.24. The quantitative estimate of drug-likeness (QED) is 0.438. The molecule has 0 aromatic heterocycles. The van der Waals surface area contributed by atoms with Crippen LogP contribution in [0.1, 0.15) is 12.8 Å². The number of rotatable bonds is 2. The van der Waals surface area contributed by atoms with Gasteiger partial charge in [-0.3, -0.25) is 4.79 Å². The Kier molecular flexibility index (Phi) is 3.07. The Labute approximate surface area is 75.5 Å². The van der Waals surface area contributed by atoms with Crippen molar-refractivity contribution in [3.63, 3.8) is 0 Å². The van der Waals surface area contributed by atoms with Gasteiger partial charge in [-0.25, -0.2) is 4.79 Å². The molecule has 0 aliphatic carbocycles. The van der Waals surface area contributed by atoms with Gasteiger partial charge in [0.1, 0.15) is 0 Å². The van der Waals surface area contributed by atoms with E-state index in [-0.39, 0.29) is 18.0 Å². The van der Waals surface area contributed by atoms with Crippen molar-refractivity contribution in [1.82, 2.24) is 10.6 Å². The standard InChI is InChI=1S/C7H13N3O3/c8-6(11)5-2-1-4(3-9-5)10-7(12)13/h4-5,9-10H,1-3H2,(H2,8,11)(H,12,13)/t4-,5+/m1/s1. The number of amides is 2. The summed E-state index contributed by atoms with van der Waals surface area (Å²) in [7, 11) is 0. The number of carbonyl (C=O) groups is 2. The Bertz CT molecular complexity index is 211. The molecule has 0 spiro atoms. The second-order valence-corrected chi connectivity index (χ2v) is 3.09. The van der Waals surface area contributed by atoms with Crippen molar-refractivity contribution < 1.29 is 14.7 Å². The van der Waals surface area contributed by atoms with Crippen LogP contribution in [-0.2, 0) is 4.79 Å². The normalized spacial score (nSPS) is 28.0. The number of hydrogen-bond donors (Lipinski definition) is 4. The monoisotopic (exact) mass is 187 g/mol. The van der Waals surface area contributed by atoms with E-state index in [1.54, 1.807) is 0 Å². The first-order valence-corrected chi connectivity index (χ1v) is 4.11. The fourth-order valence-electron chi connectivity index (χ4n) is 1.40. The minimum absolute atomic E-state index is 0.118. The van der Waals surface area contributed by atoms with Crippen molar-refractivity contribution in [2.45, 2.75) is 24.9 Å². The summed E-state index contributed by atoms with van der Waals surface area (Å²) in [6.07, 6.45) is 0.192. The van der Waals surface area contributed by atoms with Gasteiger partial charge in [-0.1, -0.05) is 0 Å². The summed E-state index contributed by atoms with van der Waals surface area (Å²) in [6.45, 7) is 0.458. The van der Waals surface area contributed by atoms with Crippen LogP contribution in [0, 0.1) is 0 Å². The topological polar surface area (TPSA) is 104 Å². The molecule has 0 saturated carbocycles. The molecule has 0 aromatic rings. The van der Waals surface area contributed by atoms with Gasteiger partial charge < -0.3 is 21.5 Å². The fraction of sp³-hybridized carbons (Fsp3) is 0.714. The van der Waals surface area contributed by atoms with Gasteiger partial charge in [-0.2, -0.15) is 0 Å². The molecule has 1 fully saturated rings. The molecule has 13 heavy (non-hydrogen) atoms. The first-order valence-electron chi connectivity index (χ1n) is 4.11. The average Bonchev–Trinajstić information content (AvgIpc) is 2.04. The third-order valence-electron chi connectivity index (χ3n) is 2.09. The molecule has 0 bridgehead atoms. The Morgan fingerprint density at radius 3 is 2.54 bits per heavy atom. The molecule has 6 heteroatoms. The van der Waals surface area contributed by atoms with E-state index < -0.39 is 6.09 Å². The van der Waals surface area contributed by atoms with Crippen molar-refractivity contribution in [3.05, 3.63) is 0 Å². The molecule has 5 N–H and O–H groups in total. The predicted molar refractivity (Wildman–Crippen MR) is 45.2 cm³/mol. The SMILES string of the molecule is NC(=O)[C@@H]1CC[C@@H](NC(=O)O)CN1. The molecule has 1 aliphatic heterocycles. The highest BCUT2D eigenvalue weighted by Crippen LogP contribution is 2.07. The summed E-state index contributed by atoms with van der Waals surface area (Å²) in [6, 6.07) is -0.431. The van der Waals surface area contributed by atoms with E-state index in [9.17, 15) is 9.59 Å². The maximum Gasteiger partial charge on any atom is 0.404 e. The molecule has 0 aromatic carbocycles. The van der Waals surface area contributed by atoms with E-state index in [4.69, 9.17) is 10.8 Å². The first-order chi connectivity index (χ1) is 6.09. The zero-order valence-corrected chi connectivity index (χ0v) is 7.12. The second kappa shape index (κ2) is 4.08. The van der Waals surface area contributed by atoms with Crippen molar-refractivity contribution in [1.29, 1.82) is 0 Å². The maximum atomic E-state index is 10.7. The zero-order chi connectivity index (χ0) is 9.84. The largest absolute Gasteiger partial charge is 0.465 e. The molecule has 0 radical (unpaired) electrons. The van der Waals surface area contributed by atoms with E-state index in [0.29, 0.717) is 19.4 Å². The summed E-state index contributed by atoms with van der Waals surface area (Å²) in [5.74, 6) is -0.381. The minimum atomic E-state index is -1.04. The van der Waals surface area contributed by atoms with Crippen LogP contribution in [0.4, 0.5) is 4.79 Å². The van der Waals surface area contributed by atoms with Gasteiger partial charge in [0.05, 0.1) is 6.04 Å². The first kappa shape index (κ1) is 9.79. The summed E-state index contributed by atoms with van der Waals surface area (Å²) in [5, 5.41) is 13.6. The van der Waals surface area contributed by atoms with Gasteiger partial charge in [-0.15, -0.1) is 0 Å². The fourth-order valence-corrected chi connectivity index (χ4v) is 1.40. The molecular formula is C7H13N3O3. The number of carboxylic acid groups (broad SMARTS) is 1. The van der Waals surface area contributed by atoms with E-state index in [1.165, 1.54) is 0 Å². The van der Waals surface area contributed by atoms with Crippen molar-refractivity contribution in [3.8, 4) is 0 Å². The van der Waals surface area contributed by atoms with Crippen LogP contribution in [0.15, 0.2) is 0 Å². The molecular weight excluding hydrogens is 174 g/mol. The van der Waals surface area contributed by atoms with Gasteiger partial charge >= 0.3 is 6.09 Å². The van der Waals surface area contributed by atoms with Gasteiger partial charge in [-0.05, 0) is 12.8 Å². The van der Waals surface area contributed by atoms with Crippen molar-refractivity contribution >= 4 is 12.0 Å². The minimum Gasteiger partial charge on any atom is -0.465 e. The average molecular weight is 187 g/mol. The van der Waals surface area contributed by atoms with Gasteiger partial charge in [0.15, 0.2) is 0 Å². The van der Waals surface area contributed by atoms with Crippen LogP contribution in [0.5, 0.6) is 0 Å². The molecule has 74 valence electrons. The van der Waals surface area contributed by atoms with Gasteiger partial charge in [0, 0.05) is 12.6 Å². The zero-order valence-electron chi connectivity index (χ0n) is 7.12. The summed E-state index contributed by atoms with van der Waals surface area (Å²) in [5.41, 5.74) is 5.08. The molecule has 1 saturated heterocycles. The lowest BCUT2D eigenvalue weighted by molar-refractivity contribution is -0.120. The molecule has 1 rings (SSSR count). The predicted octanol–water partition coefficient (Wildman–Crippen LogP) is -1.14. The summed E-state index contributed by atoms with van der Waals surface area (Å²) < 4.78 is 0. The lowest BCUT2D eigenvalue weighted by Crippen LogP contribution is -2.53. The number of primary amides is 1. The smallest absolute Gasteiger partial charge is 0.404 e. The third-order valence-corrected chi connectivity index (χ3v) is 2.09. The van der Waals surface area contributed by atoms with Crippen molar-refractivity contribution in [2.75, 3.05) is 6.54 Å². The van der Waals surface area contributed by atoms with E-state index in [0.717, 1.165) is 0 Å². The van der Waals surface area contributed by atoms with Gasteiger partial charge in [0.25, 0.3) is 0 Å². The van der Waals surface area contributed by atoms with Gasteiger partial charge in [0.2, 0.25) is 5.91 Å². The summed E-state index contributed by atoms with van der Waals surface area (Å²) >= 11 is 0. The highest BCUT2D eigenvalue weighted by molar-refractivity contribution is 5.80. The van der Waals surface area contributed by atoms with Crippen molar-refractivity contribution in [2.24, 2.45) is 5.73 Å². The van der Waals surface area contributed by atoms with Crippen LogP contribution in [0.25, 0.3) is 0 Å². The van der Waals surface area contributed by atoms with E-state index in [1.807, 2.05) is 0 Å². The Morgan fingerprint density at radius 2 is 2.15 bits per heavy atom.